The Morgan fingerprint density at radius 2 is 0.654 bits per heavy atom. The van der Waals surface area contributed by atoms with Gasteiger partial charge in [0.15, 0.2) is 0 Å². The summed E-state index contributed by atoms with van der Waals surface area (Å²) in [7, 11) is 0. The molecule has 0 spiro atoms. The lowest BCUT2D eigenvalue weighted by Crippen LogP contribution is -2.09. The molecule has 0 radical (unpaired) electrons. The van der Waals surface area contributed by atoms with Crippen molar-refractivity contribution in [3.05, 3.63) is 181 Å². The van der Waals surface area contributed by atoms with Crippen LogP contribution in [-0.2, 0) is 0 Å². The average Bonchev–Trinajstić information content (AvgIpc) is 3.75. The third-order valence-electron chi connectivity index (χ3n) is 10.2. The average molecular weight is 703 g/mol. The molecular formula is C48H34N2S2. The van der Waals surface area contributed by atoms with Crippen molar-refractivity contribution in [1.29, 1.82) is 0 Å². The van der Waals surface area contributed by atoms with Crippen LogP contribution >= 0.6 is 22.7 Å². The molecule has 10 aromatic rings. The van der Waals surface area contributed by atoms with Crippen molar-refractivity contribution < 1.29 is 0 Å². The smallest absolute Gasteiger partial charge is 0.0476 e. The monoisotopic (exact) mass is 702 g/mol. The summed E-state index contributed by atoms with van der Waals surface area (Å²) in [5.74, 6) is 0. The number of hydrogen-bond acceptors (Lipinski definition) is 4. The Morgan fingerprint density at radius 1 is 0.308 bits per heavy atom. The summed E-state index contributed by atoms with van der Waals surface area (Å²) in [6.07, 6.45) is 0. The molecule has 0 amide bonds. The molecule has 0 aliphatic heterocycles. The zero-order chi connectivity index (χ0) is 34.8. The highest BCUT2D eigenvalue weighted by molar-refractivity contribution is 7.26. The Bertz CT molecular complexity index is 2700. The molecule has 8 aromatic carbocycles. The van der Waals surface area contributed by atoms with Crippen LogP contribution in [0.4, 0.5) is 34.1 Å². The molecule has 0 aliphatic carbocycles. The molecule has 4 heteroatoms. The quantitative estimate of drug-likeness (QED) is 0.170. The van der Waals surface area contributed by atoms with Gasteiger partial charge in [-0.2, -0.15) is 0 Å². The van der Waals surface area contributed by atoms with E-state index in [2.05, 4.69) is 194 Å². The third kappa shape index (κ3) is 5.14. The van der Waals surface area contributed by atoms with Crippen LogP contribution in [0.3, 0.4) is 0 Å². The van der Waals surface area contributed by atoms with Gasteiger partial charge in [0.25, 0.3) is 0 Å². The van der Waals surface area contributed by atoms with Crippen molar-refractivity contribution in [2.45, 2.75) is 13.8 Å². The minimum Gasteiger partial charge on any atom is -0.310 e. The van der Waals surface area contributed by atoms with Gasteiger partial charge in [-0.3, -0.25) is 0 Å². The molecule has 2 aromatic heterocycles. The van der Waals surface area contributed by atoms with E-state index in [1.165, 1.54) is 62.2 Å². The van der Waals surface area contributed by atoms with Crippen molar-refractivity contribution in [3.63, 3.8) is 0 Å². The molecule has 10 rings (SSSR count). The predicted octanol–water partition coefficient (Wildman–Crippen LogP) is 15.1. The molecule has 0 saturated heterocycles. The Labute approximate surface area is 311 Å². The lowest BCUT2D eigenvalue weighted by Gasteiger charge is -2.25. The van der Waals surface area contributed by atoms with Crippen LogP contribution in [0.5, 0.6) is 0 Å². The van der Waals surface area contributed by atoms with Gasteiger partial charge in [-0.1, -0.05) is 96.1 Å². The fourth-order valence-corrected chi connectivity index (χ4v) is 9.96. The van der Waals surface area contributed by atoms with Crippen LogP contribution in [-0.4, -0.2) is 0 Å². The number of para-hydroxylation sites is 2. The maximum absolute atomic E-state index is 2.37. The number of hydrogen-bond donors (Lipinski definition) is 0. The van der Waals surface area contributed by atoms with Crippen LogP contribution in [0, 0.1) is 13.8 Å². The number of nitrogens with zero attached hydrogens (tertiary/aromatic N) is 2. The van der Waals surface area contributed by atoms with Gasteiger partial charge in [0.05, 0.1) is 0 Å². The number of aryl methyl sites for hydroxylation is 2. The predicted molar refractivity (Wildman–Crippen MR) is 229 cm³/mol. The second-order valence-corrected chi connectivity index (χ2v) is 15.7. The zero-order valence-corrected chi connectivity index (χ0v) is 30.5. The van der Waals surface area contributed by atoms with Crippen LogP contribution in [0.2, 0.25) is 0 Å². The number of anilines is 6. The van der Waals surface area contributed by atoms with E-state index < -0.39 is 0 Å². The van der Waals surface area contributed by atoms with Crippen LogP contribution < -0.4 is 9.80 Å². The van der Waals surface area contributed by atoms with E-state index in [0.717, 1.165) is 34.1 Å². The Kier molecular flexibility index (Phi) is 7.34. The first kappa shape index (κ1) is 30.8. The van der Waals surface area contributed by atoms with Gasteiger partial charge in [-0.25, -0.2) is 0 Å². The molecule has 0 atom stereocenters. The van der Waals surface area contributed by atoms with Gasteiger partial charge in [0.1, 0.15) is 0 Å². The Hall–Kier alpha value is -5.94. The summed E-state index contributed by atoms with van der Waals surface area (Å²) in [5.41, 5.74) is 9.45. The fraction of sp³-hybridized carbons (Fsp3) is 0.0417. The topological polar surface area (TPSA) is 6.48 Å². The van der Waals surface area contributed by atoms with E-state index in [1.807, 2.05) is 22.7 Å². The van der Waals surface area contributed by atoms with E-state index in [1.54, 1.807) is 0 Å². The van der Waals surface area contributed by atoms with E-state index >= 15 is 0 Å². The molecule has 0 unspecified atom stereocenters. The van der Waals surface area contributed by atoms with Gasteiger partial charge in [-0.05, 0) is 110 Å². The van der Waals surface area contributed by atoms with Gasteiger partial charge >= 0.3 is 0 Å². The summed E-state index contributed by atoms with van der Waals surface area (Å²) in [5, 5.41) is 7.94. The molecule has 0 bridgehead atoms. The molecule has 52 heavy (non-hydrogen) atoms. The summed E-state index contributed by atoms with van der Waals surface area (Å²) in [6, 6.07) is 62.3. The SMILES string of the molecule is Cc1ccc(N(c2ccccc2)c2ccc3c(c2)sc2ccc4c(ccc5sc6cc(N(c7ccccc7)c7ccc(C)cc7)ccc6c54)c23)cc1. The van der Waals surface area contributed by atoms with E-state index in [0.29, 0.717) is 0 Å². The number of benzene rings is 8. The van der Waals surface area contributed by atoms with Crippen molar-refractivity contribution >= 4 is 108 Å². The molecule has 0 saturated carbocycles. The second-order valence-electron chi connectivity index (χ2n) is 13.6. The fourth-order valence-electron chi connectivity index (χ4n) is 7.65. The highest BCUT2D eigenvalue weighted by atomic mass is 32.1. The summed E-state index contributed by atoms with van der Waals surface area (Å²) < 4.78 is 5.23. The summed E-state index contributed by atoms with van der Waals surface area (Å²) >= 11 is 3.77. The van der Waals surface area contributed by atoms with Crippen LogP contribution in [0.25, 0.3) is 51.1 Å². The molecular weight excluding hydrogens is 669 g/mol. The summed E-state index contributed by atoms with van der Waals surface area (Å²) in [4.78, 5) is 4.71. The van der Waals surface area contributed by atoms with Crippen LogP contribution in [0.15, 0.2) is 170 Å². The first-order valence-corrected chi connectivity index (χ1v) is 19.3. The van der Waals surface area contributed by atoms with Crippen molar-refractivity contribution in [2.75, 3.05) is 9.80 Å². The molecule has 248 valence electrons. The normalized spacial score (nSPS) is 11.7. The highest BCUT2D eigenvalue weighted by Gasteiger charge is 2.19. The zero-order valence-electron chi connectivity index (χ0n) is 28.9. The molecule has 0 aliphatic rings. The summed E-state index contributed by atoms with van der Waals surface area (Å²) in [6.45, 7) is 4.28. The molecule has 2 nitrogen and oxygen atoms in total. The lowest BCUT2D eigenvalue weighted by atomic mass is 9.99. The molecule has 2 heterocycles. The lowest BCUT2D eigenvalue weighted by molar-refractivity contribution is 1.28. The number of fused-ring (bicyclic) bond motifs is 9. The van der Waals surface area contributed by atoms with E-state index in [9.17, 15) is 0 Å². The highest BCUT2D eigenvalue weighted by Crippen LogP contribution is 2.47. The van der Waals surface area contributed by atoms with Gasteiger partial charge in [0.2, 0.25) is 0 Å². The first-order valence-electron chi connectivity index (χ1n) is 17.7. The van der Waals surface area contributed by atoms with Crippen LogP contribution in [0.1, 0.15) is 11.1 Å². The minimum atomic E-state index is 1.15. The maximum Gasteiger partial charge on any atom is 0.0476 e. The Morgan fingerprint density at radius 3 is 1.06 bits per heavy atom. The van der Waals surface area contributed by atoms with Gasteiger partial charge in [-0.15, -0.1) is 22.7 Å². The van der Waals surface area contributed by atoms with Crippen molar-refractivity contribution in [3.8, 4) is 0 Å². The maximum atomic E-state index is 2.37. The van der Waals surface area contributed by atoms with Crippen molar-refractivity contribution in [1.82, 2.24) is 0 Å². The first-order chi connectivity index (χ1) is 25.6. The van der Waals surface area contributed by atoms with Gasteiger partial charge < -0.3 is 9.80 Å². The molecule has 0 N–H and O–H groups in total. The molecule has 0 fully saturated rings. The largest absolute Gasteiger partial charge is 0.310 e. The number of thiophene rings is 2. The number of rotatable bonds is 6. The van der Waals surface area contributed by atoms with Crippen molar-refractivity contribution in [2.24, 2.45) is 0 Å². The second kappa shape index (κ2) is 12.4. The van der Waals surface area contributed by atoms with E-state index in [-0.39, 0.29) is 0 Å². The standard InChI is InChI=1S/C48H34N2S2/c1-31-13-17-35(18-14-31)49(33-9-5-3-6-10-33)37-21-23-41-45(29-37)51-43-27-25-40-39(47(41)43)26-28-44-48(40)42-24-22-38(30-46(42)52-44)50(34-11-7-4-8-12-34)36-19-15-32(2)16-20-36/h3-30H,1-2H3. The minimum absolute atomic E-state index is 1.15. The van der Waals surface area contributed by atoms with Gasteiger partial charge in [0, 0.05) is 74.5 Å². The third-order valence-corrected chi connectivity index (χ3v) is 12.4. The van der Waals surface area contributed by atoms with E-state index in [4.69, 9.17) is 0 Å². The Balaban J connectivity index is 1.11.